The molecule has 116 valence electrons. The first-order chi connectivity index (χ1) is 10.2. The summed E-state index contributed by atoms with van der Waals surface area (Å²) >= 11 is 0. The maximum atomic E-state index is 13.4. The summed E-state index contributed by atoms with van der Waals surface area (Å²) < 4.78 is 19.2. The lowest BCUT2D eigenvalue weighted by molar-refractivity contribution is -0.173. The third kappa shape index (κ3) is 2.60. The molecule has 4 heteroatoms. The first-order valence-corrected chi connectivity index (χ1v) is 7.93. The molecule has 3 nitrogen and oxygen atoms in total. The van der Waals surface area contributed by atoms with Crippen molar-refractivity contribution in [3.63, 3.8) is 0 Å². The van der Waals surface area contributed by atoms with Gasteiger partial charge >= 0.3 is 0 Å². The molecule has 2 N–H and O–H groups in total. The highest BCUT2D eigenvalue weighted by atomic mass is 19.1. The summed E-state index contributed by atoms with van der Waals surface area (Å²) in [6.45, 7) is 3.32. The molecule has 21 heavy (non-hydrogen) atoms. The third-order valence-corrected chi connectivity index (χ3v) is 5.27. The monoisotopic (exact) mass is 293 g/mol. The largest absolute Gasteiger partial charge is 0.392 e. The molecule has 1 aromatic rings. The van der Waals surface area contributed by atoms with E-state index in [0.717, 1.165) is 25.1 Å². The summed E-state index contributed by atoms with van der Waals surface area (Å²) in [7, 11) is 0. The van der Waals surface area contributed by atoms with Gasteiger partial charge in [0.05, 0.1) is 12.7 Å². The Hall–Kier alpha value is -0.970. The topological polar surface area (TPSA) is 41.5 Å². The van der Waals surface area contributed by atoms with E-state index in [-0.39, 0.29) is 12.4 Å². The lowest BCUT2D eigenvalue weighted by atomic mass is 9.51. The van der Waals surface area contributed by atoms with E-state index in [9.17, 15) is 4.39 Å². The van der Waals surface area contributed by atoms with Gasteiger partial charge < -0.3 is 15.2 Å². The predicted octanol–water partition coefficient (Wildman–Crippen LogP) is 2.76. The standard InChI is InChI=1S/C17H24FNO2/c1-2-21-16-9-15(17(16)6-3-7-17)19-10-12-4-5-14(18)13(8-12)11-20/h4-5,8,15-16,19-20H,2-3,6-7,9-11H2,1H3. The summed E-state index contributed by atoms with van der Waals surface area (Å²) in [6.07, 6.45) is 5.28. The minimum absolute atomic E-state index is 0.251. The van der Waals surface area contributed by atoms with Crippen molar-refractivity contribution in [2.24, 2.45) is 5.41 Å². The molecule has 2 aliphatic carbocycles. The van der Waals surface area contributed by atoms with Crippen molar-refractivity contribution in [2.45, 2.75) is 57.9 Å². The van der Waals surface area contributed by atoms with Crippen LogP contribution in [0.15, 0.2) is 18.2 Å². The first-order valence-electron chi connectivity index (χ1n) is 7.93. The van der Waals surface area contributed by atoms with Crippen molar-refractivity contribution in [3.8, 4) is 0 Å². The second-order valence-electron chi connectivity index (χ2n) is 6.28. The van der Waals surface area contributed by atoms with Crippen LogP contribution >= 0.6 is 0 Å². The van der Waals surface area contributed by atoms with Gasteiger partial charge in [-0.3, -0.25) is 0 Å². The predicted molar refractivity (Wildman–Crippen MR) is 79.3 cm³/mol. The summed E-state index contributed by atoms with van der Waals surface area (Å²) in [5.41, 5.74) is 1.73. The minimum atomic E-state index is -0.336. The Balaban J connectivity index is 1.58. The maximum Gasteiger partial charge on any atom is 0.128 e. The lowest BCUT2D eigenvalue weighted by Crippen LogP contribution is -2.66. The van der Waals surface area contributed by atoms with Crippen LogP contribution in [0.3, 0.4) is 0 Å². The third-order valence-electron chi connectivity index (χ3n) is 5.27. The van der Waals surface area contributed by atoms with E-state index in [2.05, 4.69) is 12.2 Å². The Morgan fingerprint density at radius 2 is 2.24 bits per heavy atom. The van der Waals surface area contributed by atoms with Gasteiger partial charge in [-0.05, 0) is 43.9 Å². The van der Waals surface area contributed by atoms with Gasteiger partial charge in [-0.2, -0.15) is 0 Å². The quantitative estimate of drug-likeness (QED) is 0.847. The number of ether oxygens (including phenoxy) is 1. The summed E-state index contributed by atoms with van der Waals surface area (Å²) in [4.78, 5) is 0. The molecule has 2 atom stereocenters. The van der Waals surface area contributed by atoms with Crippen molar-refractivity contribution in [3.05, 3.63) is 35.1 Å². The Morgan fingerprint density at radius 3 is 2.86 bits per heavy atom. The SMILES string of the molecule is CCOC1CC(NCc2ccc(F)c(CO)c2)C12CCC2. The van der Waals surface area contributed by atoms with Gasteiger partial charge in [-0.15, -0.1) is 0 Å². The van der Waals surface area contributed by atoms with Gasteiger partial charge in [0, 0.05) is 30.2 Å². The molecular formula is C17H24FNO2. The van der Waals surface area contributed by atoms with Crippen LogP contribution in [-0.4, -0.2) is 23.9 Å². The van der Waals surface area contributed by atoms with Crippen LogP contribution in [0.4, 0.5) is 4.39 Å². The Morgan fingerprint density at radius 1 is 1.43 bits per heavy atom. The van der Waals surface area contributed by atoms with E-state index in [1.165, 1.54) is 25.3 Å². The highest BCUT2D eigenvalue weighted by molar-refractivity contribution is 5.25. The van der Waals surface area contributed by atoms with Crippen LogP contribution in [0, 0.1) is 11.2 Å². The maximum absolute atomic E-state index is 13.4. The summed E-state index contributed by atoms with van der Waals surface area (Å²) in [6, 6.07) is 5.47. The zero-order chi connectivity index (χ0) is 14.9. The van der Waals surface area contributed by atoms with Crippen molar-refractivity contribution in [1.82, 2.24) is 5.32 Å². The fourth-order valence-corrected chi connectivity index (χ4v) is 3.82. The van der Waals surface area contributed by atoms with Crippen LogP contribution in [0.1, 0.15) is 43.7 Å². The fourth-order valence-electron chi connectivity index (χ4n) is 3.82. The molecule has 2 fully saturated rings. The first kappa shape index (κ1) is 14.9. The fraction of sp³-hybridized carbons (Fsp3) is 0.647. The zero-order valence-corrected chi connectivity index (χ0v) is 12.6. The minimum Gasteiger partial charge on any atom is -0.392 e. The normalized spacial score (nSPS) is 26.4. The Bertz CT molecular complexity index is 502. The number of hydrogen-bond donors (Lipinski definition) is 2. The number of aliphatic hydroxyl groups excluding tert-OH is 1. The van der Waals surface area contributed by atoms with E-state index < -0.39 is 0 Å². The van der Waals surface area contributed by atoms with Gasteiger partial charge in [-0.1, -0.05) is 12.5 Å². The van der Waals surface area contributed by atoms with Gasteiger partial charge in [0.25, 0.3) is 0 Å². The highest BCUT2D eigenvalue weighted by Gasteiger charge is 2.58. The number of rotatable bonds is 6. The van der Waals surface area contributed by atoms with Gasteiger partial charge in [0.2, 0.25) is 0 Å². The summed E-state index contributed by atoms with van der Waals surface area (Å²) in [5.74, 6) is -0.336. The summed E-state index contributed by atoms with van der Waals surface area (Å²) in [5, 5.41) is 12.7. The molecule has 2 unspecified atom stereocenters. The van der Waals surface area contributed by atoms with E-state index in [0.29, 0.717) is 23.1 Å². The van der Waals surface area contributed by atoms with Crippen LogP contribution in [0.5, 0.6) is 0 Å². The highest BCUT2D eigenvalue weighted by Crippen LogP contribution is 2.57. The van der Waals surface area contributed by atoms with Gasteiger partial charge in [0.1, 0.15) is 5.82 Å². The van der Waals surface area contributed by atoms with E-state index >= 15 is 0 Å². The number of halogens is 1. The number of hydrogen-bond acceptors (Lipinski definition) is 3. The molecule has 0 saturated heterocycles. The number of benzene rings is 1. The molecule has 2 aliphatic rings. The molecule has 0 amide bonds. The second kappa shape index (κ2) is 6.03. The Labute approximate surface area is 125 Å². The van der Waals surface area contributed by atoms with E-state index in [4.69, 9.17) is 9.84 Å². The van der Waals surface area contributed by atoms with Crippen molar-refractivity contribution in [2.75, 3.05) is 6.61 Å². The lowest BCUT2D eigenvalue weighted by Gasteiger charge is -2.61. The van der Waals surface area contributed by atoms with Crippen LogP contribution in [0.25, 0.3) is 0 Å². The van der Waals surface area contributed by atoms with Gasteiger partial charge in [-0.25, -0.2) is 4.39 Å². The van der Waals surface area contributed by atoms with E-state index in [1.54, 1.807) is 12.1 Å². The molecule has 0 heterocycles. The molecule has 1 spiro atoms. The van der Waals surface area contributed by atoms with Crippen LogP contribution in [0.2, 0.25) is 0 Å². The Kier molecular flexibility index (Phi) is 4.29. The van der Waals surface area contributed by atoms with Crippen molar-refractivity contribution >= 4 is 0 Å². The second-order valence-corrected chi connectivity index (χ2v) is 6.28. The number of aliphatic hydroxyl groups is 1. The molecule has 0 aromatic heterocycles. The smallest absolute Gasteiger partial charge is 0.128 e. The van der Waals surface area contributed by atoms with E-state index in [1.807, 2.05) is 0 Å². The molecule has 0 bridgehead atoms. The average molecular weight is 293 g/mol. The molecule has 3 rings (SSSR count). The molecule has 0 aliphatic heterocycles. The number of nitrogens with one attached hydrogen (secondary N) is 1. The molecular weight excluding hydrogens is 269 g/mol. The van der Waals surface area contributed by atoms with Crippen LogP contribution < -0.4 is 5.32 Å². The average Bonchev–Trinajstić information content (AvgIpc) is 2.41. The van der Waals surface area contributed by atoms with Gasteiger partial charge in [0.15, 0.2) is 0 Å². The molecule has 0 radical (unpaired) electrons. The molecule has 1 aromatic carbocycles. The van der Waals surface area contributed by atoms with Crippen LogP contribution in [-0.2, 0) is 17.9 Å². The van der Waals surface area contributed by atoms with Crippen molar-refractivity contribution < 1.29 is 14.2 Å². The molecule has 2 saturated carbocycles. The zero-order valence-electron chi connectivity index (χ0n) is 12.6. The van der Waals surface area contributed by atoms with Crippen molar-refractivity contribution in [1.29, 1.82) is 0 Å².